The summed E-state index contributed by atoms with van der Waals surface area (Å²) >= 11 is 0. The van der Waals surface area contributed by atoms with Gasteiger partial charge in [-0.05, 0) is 19.3 Å². The fourth-order valence-corrected chi connectivity index (χ4v) is 4.90. The summed E-state index contributed by atoms with van der Waals surface area (Å²) in [5.74, 6) is 0.255. The molecule has 0 spiro atoms. The second-order valence-electron chi connectivity index (χ2n) is 7.81. The lowest BCUT2D eigenvalue weighted by molar-refractivity contribution is -0.136. The lowest BCUT2D eigenvalue weighted by atomic mass is 9.88. The molecule has 0 N–H and O–H groups in total. The minimum atomic E-state index is -0.374. The molecule has 138 valence electrons. The molecule has 4 aliphatic rings. The number of hydrogen-bond donors (Lipinski definition) is 0. The molecule has 0 aromatic heterocycles. The van der Waals surface area contributed by atoms with E-state index in [2.05, 4.69) is 0 Å². The van der Waals surface area contributed by atoms with Gasteiger partial charge in [0.1, 0.15) is 6.04 Å². The molecule has 0 unspecified atom stereocenters. The molecular weight excluding hydrogens is 322 g/mol. The monoisotopic (exact) mass is 349 g/mol. The van der Waals surface area contributed by atoms with Gasteiger partial charge in [-0.2, -0.15) is 0 Å². The molecule has 0 radical (unpaired) electrons. The summed E-state index contributed by atoms with van der Waals surface area (Å²) in [4.78, 5) is 43.1. The topological polar surface area (TPSA) is 70.2 Å². The Morgan fingerprint density at radius 3 is 2.52 bits per heavy atom. The number of ether oxygens (including phenoxy) is 1. The summed E-state index contributed by atoms with van der Waals surface area (Å²) in [6.45, 7) is 1.64. The first-order chi connectivity index (χ1) is 12.1. The Bertz CT molecular complexity index is 551. The zero-order valence-electron chi connectivity index (χ0n) is 14.9. The van der Waals surface area contributed by atoms with Gasteiger partial charge in [0.15, 0.2) is 0 Å². The average molecular weight is 349 g/mol. The molecule has 1 saturated carbocycles. The summed E-state index contributed by atoms with van der Waals surface area (Å²) < 4.78 is 5.30. The highest BCUT2D eigenvalue weighted by Crippen LogP contribution is 2.33. The first kappa shape index (κ1) is 16.8. The van der Waals surface area contributed by atoms with E-state index in [9.17, 15) is 14.4 Å². The second kappa shape index (κ2) is 6.59. The quantitative estimate of drug-likeness (QED) is 0.719. The maximum Gasteiger partial charge on any atom is 0.327 e. The molecule has 0 bridgehead atoms. The van der Waals surface area contributed by atoms with E-state index in [1.807, 2.05) is 4.90 Å². The van der Waals surface area contributed by atoms with E-state index in [-0.39, 0.29) is 42.0 Å². The van der Waals surface area contributed by atoms with Crippen molar-refractivity contribution in [2.45, 2.75) is 63.1 Å². The molecule has 1 aliphatic carbocycles. The van der Waals surface area contributed by atoms with Crippen LogP contribution < -0.4 is 0 Å². The lowest BCUT2D eigenvalue weighted by Gasteiger charge is -2.27. The smallest absolute Gasteiger partial charge is 0.327 e. The van der Waals surface area contributed by atoms with Crippen molar-refractivity contribution in [2.24, 2.45) is 5.92 Å². The van der Waals surface area contributed by atoms with Gasteiger partial charge < -0.3 is 14.5 Å². The largest absolute Gasteiger partial charge is 0.380 e. The molecule has 4 amide bonds. The third-order valence-electron chi connectivity index (χ3n) is 6.36. The molecule has 3 aliphatic heterocycles. The van der Waals surface area contributed by atoms with Gasteiger partial charge in [-0.1, -0.05) is 19.3 Å². The highest BCUT2D eigenvalue weighted by molar-refractivity contribution is 6.05. The Morgan fingerprint density at radius 2 is 1.84 bits per heavy atom. The van der Waals surface area contributed by atoms with Crippen LogP contribution in [0.25, 0.3) is 0 Å². The number of methoxy groups -OCH3 is 1. The Hall–Kier alpha value is -1.63. The number of hydrogen-bond acceptors (Lipinski definition) is 4. The summed E-state index contributed by atoms with van der Waals surface area (Å²) in [5, 5.41) is 0. The molecule has 4 rings (SSSR count). The average Bonchev–Trinajstić information content (AvgIpc) is 3.33. The van der Waals surface area contributed by atoms with Crippen LogP contribution in [0.3, 0.4) is 0 Å². The van der Waals surface area contributed by atoms with Crippen molar-refractivity contribution in [1.82, 2.24) is 14.7 Å². The van der Waals surface area contributed by atoms with Crippen molar-refractivity contribution >= 4 is 17.8 Å². The number of likely N-dealkylation sites (tertiary alicyclic amines) is 1. The number of carbonyl (C=O) groups excluding carboxylic acids is 3. The number of imide groups is 1. The van der Waals surface area contributed by atoms with Gasteiger partial charge in [0.25, 0.3) is 5.91 Å². The van der Waals surface area contributed by atoms with E-state index in [1.165, 1.54) is 11.3 Å². The van der Waals surface area contributed by atoms with Crippen LogP contribution in [0.2, 0.25) is 0 Å². The molecule has 25 heavy (non-hydrogen) atoms. The molecule has 0 aromatic rings. The third-order valence-corrected chi connectivity index (χ3v) is 6.36. The Balaban J connectivity index is 1.40. The molecule has 4 fully saturated rings. The third kappa shape index (κ3) is 2.82. The molecule has 3 atom stereocenters. The predicted molar refractivity (Wildman–Crippen MR) is 89.7 cm³/mol. The maximum absolute atomic E-state index is 12.7. The van der Waals surface area contributed by atoms with E-state index >= 15 is 0 Å². The summed E-state index contributed by atoms with van der Waals surface area (Å²) in [5.41, 5.74) is 0. The number of fused-ring (bicyclic) bond motifs is 1. The Labute approximate surface area is 148 Å². The number of amides is 4. The van der Waals surface area contributed by atoms with E-state index in [0.717, 1.165) is 25.7 Å². The van der Waals surface area contributed by atoms with E-state index in [0.29, 0.717) is 32.5 Å². The second-order valence-corrected chi connectivity index (χ2v) is 7.81. The minimum absolute atomic E-state index is 0.0481. The zero-order valence-corrected chi connectivity index (χ0v) is 14.9. The molecule has 0 aromatic carbocycles. The first-order valence-electron chi connectivity index (χ1n) is 9.55. The van der Waals surface area contributed by atoms with Gasteiger partial charge in [-0.15, -0.1) is 0 Å². The van der Waals surface area contributed by atoms with Crippen molar-refractivity contribution in [3.63, 3.8) is 0 Å². The zero-order chi connectivity index (χ0) is 17.6. The fourth-order valence-electron chi connectivity index (χ4n) is 4.90. The molecule has 3 saturated heterocycles. The van der Waals surface area contributed by atoms with Crippen molar-refractivity contribution in [3.8, 4) is 0 Å². The van der Waals surface area contributed by atoms with Crippen LogP contribution in [-0.2, 0) is 14.3 Å². The van der Waals surface area contributed by atoms with Crippen molar-refractivity contribution in [2.75, 3.05) is 26.7 Å². The summed E-state index contributed by atoms with van der Waals surface area (Å²) in [7, 11) is 1.62. The number of rotatable bonds is 3. The van der Waals surface area contributed by atoms with Gasteiger partial charge in [0.05, 0.1) is 12.1 Å². The summed E-state index contributed by atoms with van der Waals surface area (Å²) in [6, 6.07) is -0.744. The standard InChI is InChI=1S/C18H27N3O4/c1-25-14-9-15-17(23)21(18(24)20(15)11-14)13-7-8-19(10-13)16(22)12-5-3-2-4-6-12/h12-15H,2-11H2,1H3/t13-,14-,15+/m1/s1. The Kier molecular flexibility index (Phi) is 4.43. The van der Waals surface area contributed by atoms with Crippen LogP contribution in [0, 0.1) is 5.92 Å². The number of carbonyl (C=O) groups is 3. The Morgan fingerprint density at radius 1 is 1.08 bits per heavy atom. The van der Waals surface area contributed by atoms with Crippen LogP contribution in [0.15, 0.2) is 0 Å². The van der Waals surface area contributed by atoms with Gasteiger partial charge in [-0.25, -0.2) is 4.79 Å². The minimum Gasteiger partial charge on any atom is -0.380 e. The molecule has 7 nitrogen and oxygen atoms in total. The highest BCUT2D eigenvalue weighted by atomic mass is 16.5. The maximum atomic E-state index is 12.7. The number of urea groups is 1. The van der Waals surface area contributed by atoms with Gasteiger partial charge in [0, 0.05) is 39.1 Å². The van der Waals surface area contributed by atoms with E-state index < -0.39 is 0 Å². The van der Waals surface area contributed by atoms with Gasteiger partial charge in [0.2, 0.25) is 5.91 Å². The van der Waals surface area contributed by atoms with E-state index in [1.54, 1.807) is 12.0 Å². The first-order valence-corrected chi connectivity index (χ1v) is 9.55. The van der Waals surface area contributed by atoms with E-state index in [4.69, 9.17) is 4.74 Å². The van der Waals surface area contributed by atoms with Crippen LogP contribution in [0.1, 0.15) is 44.9 Å². The van der Waals surface area contributed by atoms with Crippen LogP contribution >= 0.6 is 0 Å². The van der Waals surface area contributed by atoms with Crippen molar-refractivity contribution < 1.29 is 19.1 Å². The van der Waals surface area contributed by atoms with Crippen molar-refractivity contribution in [1.29, 1.82) is 0 Å². The van der Waals surface area contributed by atoms with Crippen LogP contribution in [-0.4, -0.2) is 77.5 Å². The fraction of sp³-hybridized carbons (Fsp3) is 0.833. The summed E-state index contributed by atoms with van der Waals surface area (Å²) in [6.07, 6.45) is 6.68. The molecule has 3 heterocycles. The number of nitrogens with zero attached hydrogens (tertiary/aromatic N) is 3. The SMILES string of the molecule is CO[C@@H]1C[C@H]2C(=O)N([C@@H]3CCN(C(=O)C4CCCCC4)C3)C(=O)N2C1. The highest BCUT2D eigenvalue weighted by Gasteiger charge is 2.53. The van der Waals surface area contributed by atoms with Crippen LogP contribution in [0.4, 0.5) is 4.79 Å². The van der Waals surface area contributed by atoms with Crippen molar-refractivity contribution in [3.05, 3.63) is 0 Å². The van der Waals surface area contributed by atoms with Gasteiger partial charge >= 0.3 is 6.03 Å². The van der Waals surface area contributed by atoms with Gasteiger partial charge in [-0.3, -0.25) is 14.5 Å². The molecule has 7 heteroatoms. The normalized spacial score (nSPS) is 33.5. The predicted octanol–water partition coefficient (Wildman–Crippen LogP) is 1.22. The molecular formula is C18H27N3O4. The van der Waals surface area contributed by atoms with Crippen LogP contribution in [0.5, 0.6) is 0 Å². The lowest BCUT2D eigenvalue weighted by Crippen LogP contribution is -2.45.